The molecule has 0 saturated heterocycles. The second-order valence-electron chi connectivity index (χ2n) is 3.00. The number of carbonyl (C=O) groups is 1. The number of benzene rings is 1. The van der Waals surface area contributed by atoms with E-state index < -0.39 is 0 Å². The fraction of sp³-hybridized carbons (Fsp3) is 0.222. The minimum absolute atomic E-state index is 0.0981. The van der Waals surface area contributed by atoms with E-state index in [0.29, 0.717) is 0 Å². The van der Waals surface area contributed by atoms with Gasteiger partial charge in [0.15, 0.2) is 0 Å². The first-order valence-electron chi connectivity index (χ1n) is 3.76. The second kappa shape index (κ2) is 2.52. The van der Waals surface area contributed by atoms with E-state index in [-0.39, 0.29) is 5.91 Å². The van der Waals surface area contributed by atoms with Gasteiger partial charge in [0.05, 0.1) is 0 Å². The molecule has 1 aromatic carbocycles. The summed E-state index contributed by atoms with van der Waals surface area (Å²) in [4.78, 5) is 14.0. The molecule has 1 amide bonds. The molecule has 3 heteroatoms. The van der Waals surface area contributed by atoms with Crippen molar-refractivity contribution >= 4 is 18.5 Å². The summed E-state index contributed by atoms with van der Waals surface area (Å²) in [6, 6.07) is 5.69. The van der Waals surface area contributed by atoms with Crippen LogP contribution in [0.15, 0.2) is 23.1 Å². The maximum absolute atomic E-state index is 11.4. The van der Waals surface area contributed by atoms with E-state index in [1.54, 1.807) is 11.9 Å². The van der Waals surface area contributed by atoms with Crippen LogP contribution in [0.1, 0.15) is 15.9 Å². The largest absolute Gasteiger partial charge is 0.337 e. The van der Waals surface area contributed by atoms with Crippen LogP contribution in [0, 0.1) is 0 Å². The monoisotopic (exact) mass is 179 g/mol. The fourth-order valence-electron chi connectivity index (χ4n) is 1.43. The average Bonchev–Trinajstić information content (AvgIpc) is 2.31. The summed E-state index contributed by atoms with van der Waals surface area (Å²) in [6.07, 6.45) is 0. The van der Waals surface area contributed by atoms with Crippen LogP contribution in [0.2, 0.25) is 0 Å². The lowest BCUT2D eigenvalue weighted by atomic mass is 10.1. The first-order chi connectivity index (χ1) is 5.68. The van der Waals surface area contributed by atoms with E-state index in [1.165, 1.54) is 0 Å². The van der Waals surface area contributed by atoms with Gasteiger partial charge < -0.3 is 4.90 Å². The number of amides is 1. The van der Waals surface area contributed by atoms with Gasteiger partial charge in [-0.3, -0.25) is 4.79 Å². The molecule has 0 spiro atoms. The Bertz CT molecular complexity index is 348. The van der Waals surface area contributed by atoms with Gasteiger partial charge in [0.1, 0.15) is 0 Å². The Kier molecular flexibility index (Phi) is 1.61. The van der Waals surface area contributed by atoms with Crippen LogP contribution < -0.4 is 0 Å². The molecule has 0 unspecified atom stereocenters. The van der Waals surface area contributed by atoms with Crippen LogP contribution in [0.25, 0.3) is 0 Å². The Morgan fingerprint density at radius 3 is 3.00 bits per heavy atom. The highest BCUT2D eigenvalue weighted by atomic mass is 32.1. The molecule has 0 saturated carbocycles. The smallest absolute Gasteiger partial charge is 0.254 e. The highest BCUT2D eigenvalue weighted by Crippen LogP contribution is 2.23. The van der Waals surface area contributed by atoms with Gasteiger partial charge >= 0.3 is 0 Å². The fourth-order valence-corrected chi connectivity index (χ4v) is 1.64. The molecule has 0 N–H and O–H groups in total. The van der Waals surface area contributed by atoms with Crippen molar-refractivity contribution in [1.82, 2.24) is 4.90 Å². The molecule has 0 aromatic heterocycles. The number of hydrogen-bond acceptors (Lipinski definition) is 2. The summed E-state index contributed by atoms with van der Waals surface area (Å²) in [7, 11) is 1.81. The first-order valence-corrected chi connectivity index (χ1v) is 4.20. The molecule has 62 valence electrons. The lowest BCUT2D eigenvalue weighted by molar-refractivity contribution is 0.0816. The van der Waals surface area contributed by atoms with E-state index in [9.17, 15) is 4.79 Å². The molecule has 0 atom stereocenters. The van der Waals surface area contributed by atoms with Gasteiger partial charge in [0.2, 0.25) is 0 Å². The van der Waals surface area contributed by atoms with E-state index in [0.717, 1.165) is 22.6 Å². The van der Waals surface area contributed by atoms with Crippen molar-refractivity contribution in [3.05, 3.63) is 29.3 Å². The quantitative estimate of drug-likeness (QED) is 0.599. The van der Waals surface area contributed by atoms with Gasteiger partial charge in [-0.25, -0.2) is 0 Å². The summed E-state index contributed by atoms with van der Waals surface area (Å²) in [6.45, 7) is 0.724. The van der Waals surface area contributed by atoms with Gasteiger partial charge in [-0.15, -0.1) is 12.6 Å². The zero-order valence-corrected chi connectivity index (χ0v) is 7.64. The number of thiol groups is 1. The highest BCUT2D eigenvalue weighted by molar-refractivity contribution is 7.80. The maximum atomic E-state index is 11.4. The van der Waals surface area contributed by atoms with Crippen molar-refractivity contribution in [3.8, 4) is 0 Å². The van der Waals surface area contributed by atoms with Crippen molar-refractivity contribution in [2.45, 2.75) is 11.4 Å². The van der Waals surface area contributed by atoms with E-state index in [4.69, 9.17) is 0 Å². The molecule has 1 heterocycles. The van der Waals surface area contributed by atoms with Crippen molar-refractivity contribution in [3.63, 3.8) is 0 Å². The summed E-state index contributed by atoms with van der Waals surface area (Å²) in [5.41, 5.74) is 1.89. The number of fused-ring (bicyclic) bond motifs is 1. The molecule has 2 rings (SSSR count). The van der Waals surface area contributed by atoms with Gasteiger partial charge in [0, 0.05) is 24.1 Å². The number of hydrogen-bond donors (Lipinski definition) is 1. The van der Waals surface area contributed by atoms with Crippen molar-refractivity contribution in [1.29, 1.82) is 0 Å². The summed E-state index contributed by atoms with van der Waals surface area (Å²) in [5.74, 6) is 0.0981. The zero-order chi connectivity index (χ0) is 8.72. The molecular weight excluding hydrogens is 170 g/mol. The Balaban J connectivity index is 2.56. The van der Waals surface area contributed by atoms with Gasteiger partial charge in [0.25, 0.3) is 5.91 Å². The third-order valence-corrected chi connectivity index (χ3v) is 2.36. The van der Waals surface area contributed by atoms with Crippen LogP contribution in [0.4, 0.5) is 0 Å². The molecule has 1 aliphatic rings. The summed E-state index contributed by atoms with van der Waals surface area (Å²) >= 11 is 4.18. The van der Waals surface area contributed by atoms with Crippen LogP contribution >= 0.6 is 12.6 Å². The SMILES string of the molecule is CN1Cc2ccc(S)cc2C1=O. The van der Waals surface area contributed by atoms with Gasteiger partial charge in [-0.05, 0) is 17.7 Å². The van der Waals surface area contributed by atoms with Crippen molar-refractivity contribution < 1.29 is 4.79 Å². The van der Waals surface area contributed by atoms with Crippen molar-refractivity contribution in [2.24, 2.45) is 0 Å². The lowest BCUT2D eigenvalue weighted by Crippen LogP contribution is -2.17. The molecule has 0 bridgehead atoms. The van der Waals surface area contributed by atoms with Crippen molar-refractivity contribution in [2.75, 3.05) is 7.05 Å². The minimum atomic E-state index is 0.0981. The maximum Gasteiger partial charge on any atom is 0.254 e. The predicted molar refractivity (Wildman–Crippen MR) is 49.5 cm³/mol. The molecular formula is C9H9NOS. The number of nitrogens with zero attached hydrogens (tertiary/aromatic N) is 1. The Hall–Kier alpha value is -0.960. The third kappa shape index (κ3) is 1.01. The van der Waals surface area contributed by atoms with Gasteiger partial charge in [-0.1, -0.05) is 6.07 Å². The Morgan fingerprint density at radius 2 is 2.25 bits per heavy atom. The molecule has 1 aromatic rings. The third-order valence-electron chi connectivity index (χ3n) is 2.08. The topological polar surface area (TPSA) is 20.3 Å². The molecule has 0 radical (unpaired) electrons. The number of rotatable bonds is 0. The van der Waals surface area contributed by atoms with Gasteiger partial charge in [-0.2, -0.15) is 0 Å². The highest BCUT2D eigenvalue weighted by Gasteiger charge is 2.23. The molecule has 1 aliphatic heterocycles. The van der Waals surface area contributed by atoms with E-state index in [1.807, 2.05) is 18.2 Å². The number of carbonyl (C=O) groups excluding carboxylic acids is 1. The molecule has 0 fully saturated rings. The van der Waals surface area contributed by atoms with E-state index in [2.05, 4.69) is 12.6 Å². The predicted octanol–water partition coefficient (Wildman–Crippen LogP) is 1.56. The first kappa shape index (κ1) is 7.68. The molecule has 0 aliphatic carbocycles. The summed E-state index contributed by atoms with van der Waals surface area (Å²) in [5, 5.41) is 0. The second-order valence-corrected chi connectivity index (χ2v) is 3.52. The average molecular weight is 179 g/mol. The Morgan fingerprint density at radius 1 is 1.50 bits per heavy atom. The molecule has 2 nitrogen and oxygen atoms in total. The van der Waals surface area contributed by atoms with Crippen LogP contribution in [-0.2, 0) is 6.54 Å². The van der Waals surface area contributed by atoms with E-state index >= 15 is 0 Å². The normalized spacial score (nSPS) is 15.2. The minimum Gasteiger partial charge on any atom is -0.337 e. The molecule has 12 heavy (non-hydrogen) atoms. The van der Waals surface area contributed by atoms with Crippen LogP contribution in [0.5, 0.6) is 0 Å². The van der Waals surface area contributed by atoms with Crippen LogP contribution in [0.3, 0.4) is 0 Å². The standard InChI is InChI=1S/C9H9NOS/c1-10-5-6-2-3-7(12)4-8(6)9(10)11/h2-4,12H,5H2,1H3. The van der Waals surface area contributed by atoms with Crippen LogP contribution in [-0.4, -0.2) is 17.9 Å². The summed E-state index contributed by atoms with van der Waals surface area (Å²) < 4.78 is 0. The Labute approximate surface area is 76.6 Å². The lowest BCUT2D eigenvalue weighted by Gasteiger charge is -2.04. The zero-order valence-electron chi connectivity index (χ0n) is 6.74.